The highest BCUT2D eigenvalue weighted by atomic mass is 35.5. The minimum atomic E-state index is -0.196. The van der Waals surface area contributed by atoms with Crippen molar-refractivity contribution >= 4 is 17.4 Å². The van der Waals surface area contributed by atoms with Crippen LogP contribution in [0.3, 0.4) is 0 Å². The smallest absolute Gasteiger partial charge is 0.192 e. The summed E-state index contributed by atoms with van der Waals surface area (Å²) >= 11 is 6.17. The zero-order valence-electron chi connectivity index (χ0n) is 10.4. The number of nitrogens with zero attached hydrogens (tertiary/aromatic N) is 4. The molecular formula is C12H12ClN5O2. The predicted molar refractivity (Wildman–Crippen MR) is 71.5 cm³/mol. The van der Waals surface area contributed by atoms with Crippen LogP contribution in [0, 0.1) is 0 Å². The summed E-state index contributed by atoms with van der Waals surface area (Å²) < 4.78 is 7.47. The van der Waals surface area contributed by atoms with Crippen molar-refractivity contribution in [3.63, 3.8) is 0 Å². The first-order chi connectivity index (χ1) is 9.70. The number of halogens is 1. The van der Waals surface area contributed by atoms with Gasteiger partial charge in [0, 0.05) is 10.6 Å². The summed E-state index contributed by atoms with van der Waals surface area (Å²) in [4.78, 5) is 0. The van der Waals surface area contributed by atoms with Crippen LogP contribution in [-0.4, -0.2) is 26.0 Å². The van der Waals surface area contributed by atoms with E-state index in [1.165, 1.54) is 0 Å². The van der Waals surface area contributed by atoms with Crippen molar-refractivity contribution < 1.29 is 9.94 Å². The molecule has 3 N–H and O–H groups in total. The van der Waals surface area contributed by atoms with E-state index in [-0.39, 0.29) is 18.5 Å². The Morgan fingerprint density at radius 3 is 3.05 bits per heavy atom. The van der Waals surface area contributed by atoms with Gasteiger partial charge in [-0.15, -0.1) is 5.10 Å². The number of rotatable bonds is 2. The second-order valence-corrected chi connectivity index (χ2v) is 4.78. The molecule has 0 saturated carbocycles. The molecule has 0 bridgehead atoms. The standard InChI is InChI=1S/C12H12ClN5O2/c13-8-4-2-1-3-7(8)10-5-18-9(6-20-10)11(15-17-18)12(14)16-19/h1-4,10,19H,5-6H2,(H2,14,16)/t10-/m1/s1. The van der Waals surface area contributed by atoms with Gasteiger partial charge in [0.25, 0.3) is 0 Å². The molecule has 1 atom stereocenters. The van der Waals surface area contributed by atoms with Crippen LogP contribution in [0.25, 0.3) is 0 Å². The minimum absolute atomic E-state index is 0.0777. The Kier molecular flexibility index (Phi) is 3.29. The molecule has 2 aromatic rings. The monoisotopic (exact) mass is 293 g/mol. The van der Waals surface area contributed by atoms with E-state index in [9.17, 15) is 0 Å². The highest BCUT2D eigenvalue weighted by molar-refractivity contribution is 6.31. The lowest BCUT2D eigenvalue weighted by Gasteiger charge is -2.24. The summed E-state index contributed by atoms with van der Waals surface area (Å²) in [7, 11) is 0. The van der Waals surface area contributed by atoms with Crippen molar-refractivity contribution in [1.29, 1.82) is 0 Å². The highest BCUT2D eigenvalue weighted by Gasteiger charge is 2.27. The normalized spacial score (nSPS) is 18.9. The molecule has 0 saturated heterocycles. The van der Waals surface area contributed by atoms with Crippen LogP contribution in [0.1, 0.15) is 23.1 Å². The summed E-state index contributed by atoms with van der Waals surface area (Å²) in [5, 5.41) is 20.2. The highest BCUT2D eigenvalue weighted by Crippen LogP contribution is 2.31. The number of hydrogen-bond donors (Lipinski definition) is 2. The fourth-order valence-electron chi connectivity index (χ4n) is 2.18. The van der Waals surface area contributed by atoms with Crippen LogP contribution in [0.2, 0.25) is 5.02 Å². The molecular weight excluding hydrogens is 282 g/mol. The minimum Gasteiger partial charge on any atom is -0.409 e. The van der Waals surface area contributed by atoms with E-state index in [4.69, 9.17) is 27.3 Å². The van der Waals surface area contributed by atoms with Crippen LogP contribution >= 0.6 is 11.6 Å². The van der Waals surface area contributed by atoms with Gasteiger partial charge in [-0.25, -0.2) is 4.68 Å². The number of benzene rings is 1. The first-order valence-electron chi connectivity index (χ1n) is 5.97. The molecule has 0 unspecified atom stereocenters. The molecule has 7 nitrogen and oxygen atoms in total. The van der Waals surface area contributed by atoms with Crippen molar-refractivity contribution in [2.75, 3.05) is 0 Å². The first kappa shape index (κ1) is 12.9. The van der Waals surface area contributed by atoms with Crippen LogP contribution in [0.5, 0.6) is 0 Å². The summed E-state index contributed by atoms with van der Waals surface area (Å²) in [6.07, 6.45) is -0.196. The lowest BCUT2D eigenvalue weighted by molar-refractivity contribution is -0.00140. The van der Waals surface area contributed by atoms with E-state index >= 15 is 0 Å². The second kappa shape index (κ2) is 5.10. The van der Waals surface area contributed by atoms with Gasteiger partial charge in [0.2, 0.25) is 0 Å². The number of ether oxygens (including phenoxy) is 1. The molecule has 1 aliphatic heterocycles. The third kappa shape index (κ3) is 2.10. The van der Waals surface area contributed by atoms with Gasteiger partial charge in [0.15, 0.2) is 11.5 Å². The molecule has 20 heavy (non-hydrogen) atoms. The maximum atomic E-state index is 8.70. The van der Waals surface area contributed by atoms with Crippen molar-refractivity contribution in [2.24, 2.45) is 10.9 Å². The largest absolute Gasteiger partial charge is 0.409 e. The average molecular weight is 294 g/mol. The van der Waals surface area contributed by atoms with E-state index in [1.807, 2.05) is 24.3 Å². The maximum Gasteiger partial charge on any atom is 0.192 e. The Balaban J connectivity index is 1.91. The van der Waals surface area contributed by atoms with E-state index in [0.717, 1.165) is 5.56 Å². The zero-order valence-corrected chi connectivity index (χ0v) is 11.2. The molecule has 0 amide bonds. The fraction of sp³-hybridized carbons (Fsp3) is 0.250. The van der Waals surface area contributed by atoms with Crippen LogP contribution in [0.4, 0.5) is 0 Å². The summed E-state index contributed by atoms with van der Waals surface area (Å²) in [5.74, 6) is -0.0777. The Morgan fingerprint density at radius 2 is 2.30 bits per heavy atom. The van der Waals surface area contributed by atoms with Gasteiger partial charge in [0.1, 0.15) is 6.10 Å². The van der Waals surface area contributed by atoms with Gasteiger partial charge in [-0.1, -0.05) is 40.2 Å². The molecule has 0 spiro atoms. The first-order valence-corrected chi connectivity index (χ1v) is 6.34. The Hall–Kier alpha value is -2.12. The maximum absolute atomic E-state index is 8.70. The van der Waals surface area contributed by atoms with Crippen LogP contribution in [-0.2, 0) is 17.9 Å². The molecule has 0 radical (unpaired) electrons. The topological polar surface area (TPSA) is 98.5 Å². The van der Waals surface area contributed by atoms with Gasteiger partial charge >= 0.3 is 0 Å². The lowest BCUT2D eigenvalue weighted by Crippen LogP contribution is -2.24. The third-order valence-corrected chi connectivity index (χ3v) is 3.54. The third-order valence-electron chi connectivity index (χ3n) is 3.20. The number of aromatic nitrogens is 3. The Bertz CT molecular complexity index is 670. The van der Waals surface area contributed by atoms with Gasteiger partial charge in [-0.05, 0) is 6.07 Å². The SMILES string of the molecule is N/C(=N/O)c1nnn2c1CO[C@@H](c1ccccc1Cl)C2. The number of nitrogens with two attached hydrogens (primary N) is 1. The van der Waals surface area contributed by atoms with Crippen LogP contribution in [0.15, 0.2) is 29.4 Å². The Morgan fingerprint density at radius 1 is 1.50 bits per heavy atom. The summed E-state index contributed by atoms with van der Waals surface area (Å²) in [6.45, 7) is 0.749. The van der Waals surface area contributed by atoms with Gasteiger partial charge in [-0.2, -0.15) is 0 Å². The summed E-state index contributed by atoms with van der Waals surface area (Å²) in [6, 6.07) is 7.51. The summed E-state index contributed by atoms with van der Waals surface area (Å²) in [5.41, 5.74) is 7.47. The number of hydrogen-bond acceptors (Lipinski definition) is 5. The molecule has 0 fully saturated rings. The van der Waals surface area contributed by atoms with Gasteiger partial charge in [-0.3, -0.25) is 0 Å². The van der Waals surface area contributed by atoms with E-state index in [0.29, 0.717) is 23.0 Å². The van der Waals surface area contributed by atoms with Crippen molar-refractivity contribution in [1.82, 2.24) is 15.0 Å². The number of oxime groups is 1. The van der Waals surface area contributed by atoms with Crippen molar-refractivity contribution in [3.05, 3.63) is 46.2 Å². The average Bonchev–Trinajstić information content (AvgIpc) is 2.90. The number of fused-ring (bicyclic) bond motifs is 1. The molecule has 2 heterocycles. The van der Waals surface area contributed by atoms with Gasteiger partial charge in [0.05, 0.1) is 18.8 Å². The predicted octanol–water partition coefficient (Wildman–Crippen LogP) is 1.30. The van der Waals surface area contributed by atoms with Crippen LogP contribution < -0.4 is 5.73 Å². The second-order valence-electron chi connectivity index (χ2n) is 4.37. The van der Waals surface area contributed by atoms with Crippen molar-refractivity contribution in [3.8, 4) is 0 Å². The molecule has 1 aliphatic rings. The molecule has 8 heteroatoms. The van der Waals surface area contributed by atoms with E-state index < -0.39 is 0 Å². The Labute approximate surface area is 119 Å². The van der Waals surface area contributed by atoms with Crippen molar-refractivity contribution in [2.45, 2.75) is 19.3 Å². The molecule has 0 aliphatic carbocycles. The van der Waals surface area contributed by atoms with Gasteiger partial charge < -0.3 is 15.7 Å². The quantitative estimate of drug-likeness (QED) is 0.376. The fourth-order valence-corrected chi connectivity index (χ4v) is 2.44. The molecule has 1 aromatic heterocycles. The zero-order chi connectivity index (χ0) is 14.1. The molecule has 1 aromatic carbocycles. The molecule has 104 valence electrons. The number of amidine groups is 1. The lowest BCUT2D eigenvalue weighted by atomic mass is 10.1. The van der Waals surface area contributed by atoms with E-state index in [1.54, 1.807) is 4.68 Å². The molecule has 3 rings (SSSR count). The van der Waals surface area contributed by atoms with E-state index in [2.05, 4.69) is 15.5 Å².